The van der Waals surface area contributed by atoms with Gasteiger partial charge in [-0.3, -0.25) is 4.79 Å². The molecule has 1 aromatic rings. The van der Waals surface area contributed by atoms with Crippen LogP contribution < -0.4 is 5.32 Å². The Morgan fingerprint density at radius 3 is 2.62 bits per heavy atom. The van der Waals surface area contributed by atoms with Crippen LogP contribution in [-0.2, 0) is 9.05 Å². The Bertz CT molecular complexity index is 674. The summed E-state index contributed by atoms with van der Waals surface area (Å²) in [4.78, 5) is 12.0. The first-order valence-corrected chi connectivity index (χ1v) is 9.91. The van der Waals surface area contributed by atoms with Gasteiger partial charge in [0.25, 0.3) is 15.0 Å². The molecule has 0 aliphatic heterocycles. The number of nitrogens with one attached hydrogen (secondary N) is 1. The largest absolute Gasteiger partial charge is 0.350 e. The summed E-state index contributed by atoms with van der Waals surface area (Å²) in [5.41, 5.74) is 0.0988. The number of carbonyl (C=O) groups is 1. The van der Waals surface area contributed by atoms with E-state index in [0.717, 1.165) is 6.42 Å². The van der Waals surface area contributed by atoms with Crippen molar-refractivity contribution in [3.8, 4) is 0 Å². The molecule has 2 rings (SSSR count). The highest BCUT2D eigenvalue weighted by atomic mass is 79.9. The molecule has 0 bridgehead atoms. The van der Waals surface area contributed by atoms with Gasteiger partial charge in [-0.1, -0.05) is 24.4 Å². The first-order chi connectivity index (χ1) is 9.68. The van der Waals surface area contributed by atoms with E-state index in [4.69, 9.17) is 22.3 Å². The molecule has 116 valence electrons. The van der Waals surface area contributed by atoms with Crippen LogP contribution in [0.4, 0.5) is 0 Å². The Balaban J connectivity index is 2.23. The van der Waals surface area contributed by atoms with Gasteiger partial charge in [0, 0.05) is 21.2 Å². The van der Waals surface area contributed by atoms with E-state index in [2.05, 4.69) is 21.2 Å². The summed E-state index contributed by atoms with van der Waals surface area (Å²) in [6.45, 7) is 1.92. The van der Waals surface area contributed by atoms with Gasteiger partial charge in [0.2, 0.25) is 0 Å². The van der Waals surface area contributed by atoms with Crippen molar-refractivity contribution in [3.05, 3.63) is 27.2 Å². The fraction of sp³-hybridized carbons (Fsp3) is 0.462. The highest BCUT2D eigenvalue weighted by Gasteiger charge is 2.25. The molecule has 0 heterocycles. The zero-order chi connectivity index (χ0) is 15.8. The van der Waals surface area contributed by atoms with Crippen molar-refractivity contribution in [1.82, 2.24) is 5.32 Å². The zero-order valence-electron chi connectivity index (χ0n) is 11.2. The van der Waals surface area contributed by atoms with E-state index >= 15 is 0 Å². The Kier molecular flexibility index (Phi) is 5.23. The first kappa shape index (κ1) is 17.1. The van der Waals surface area contributed by atoms with E-state index in [1.807, 2.05) is 6.92 Å². The van der Waals surface area contributed by atoms with Crippen molar-refractivity contribution < 1.29 is 13.2 Å². The quantitative estimate of drug-likeness (QED) is 0.742. The van der Waals surface area contributed by atoms with E-state index in [1.165, 1.54) is 25.0 Å². The lowest BCUT2D eigenvalue weighted by Gasteiger charge is -2.15. The standard InChI is InChI=1S/C13H14BrCl2NO3S/c1-7(4-8-2-3-8)17-13(18)9-5-12(21(16,19)20)10(14)6-11(9)15/h5-8H,2-4H2,1H3,(H,17,18). The lowest BCUT2D eigenvalue weighted by atomic mass is 10.1. The number of hydrogen-bond acceptors (Lipinski definition) is 3. The van der Waals surface area contributed by atoms with Gasteiger partial charge in [-0.25, -0.2) is 8.42 Å². The lowest BCUT2D eigenvalue weighted by Crippen LogP contribution is -2.33. The molecule has 1 fully saturated rings. The van der Waals surface area contributed by atoms with Crippen LogP contribution in [0.2, 0.25) is 5.02 Å². The third-order valence-electron chi connectivity index (χ3n) is 3.29. The predicted molar refractivity (Wildman–Crippen MR) is 86.5 cm³/mol. The maximum Gasteiger partial charge on any atom is 0.262 e. The molecular weight excluding hydrogens is 401 g/mol. The summed E-state index contributed by atoms with van der Waals surface area (Å²) in [6.07, 6.45) is 3.32. The molecule has 1 amide bonds. The number of halogens is 3. The average molecular weight is 415 g/mol. The summed E-state index contributed by atoms with van der Waals surface area (Å²) >= 11 is 9.10. The van der Waals surface area contributed by atoms with Crippen molar-refractivity contribution in [3.63, 3.8) is 0 Å². The van der Waals surface area contributed by atoms with Gasteiger partial charge >= 0.3 is 0 Å². The molecule has 1 aromatic carbocycles. The highest BCUT2D eigenvalue weighted by molar-refractivity contribution is 9.10. The molecular formula is C13H14BrCl2NO3S. The van der Waals surface area contributed by atoms with E-state index < -0.39 is 15.0 Å². The van der Waals surface area contributed by atoms with Crippen LogP contribution in [0.15, 0.2) is 21.5 Å². The van der Waals surface area contributed by atoms with Crippen LogP contribution in [0.5, 0.6) is 0 Å². The van der Waals surface area contributed by atoms with Gasteiger partial charge in [0.1, 0.15) is 0 Å². The van der Waals surface area contributed by atoms with Crippen molar-refractivity contribution >= 4 is 53.2 Å². The summed E-state index contributed by atoms with van der Waals surface area (Å²) in [7, 11) is 1.39. The minimum atomic E-state index is -3.96. The molecule has 1 aliphatic carbocycles. The Hall–Kier alpha value is -0.300. The Morgan fingerprint density at radius 2 is 2.10 bits per heavy atom. The summed E-state index contributed by atoms with van der Waals surface area (Å²) in [5, 5.41) is 3.00. The molecule has 4 nitrogen and oxygen atoms in total. The minimum Gasteiger partial charge on any atom is -0.350 e. The molecule has 0 aromatic heterocycles. The third-order valence-corrected chi connectivity index (χ3v) is 5.88. The monoisotopic (exact) mass is 413 g/mol. The predicted octanol–water partition coefficient (Wildman–Crippen LogP) is 3.95. The van der Waals surface area contributed by atoms with Crippen LogP contribution in [0.1, 0.15) is 36.5 Å². The molecule has 21 heavy (non-hydrogen) atoms. The number of benzene rings is 1. The zero-order valence-corrected chi connectivity index (χ0v) is 15.1. The van der Waals surface area contributed by atoms with Crippen LogP contribution in [0.25, 0.3) is 0 Å². The Labute approximate surface area is 141 Å². The van der Waals surface area contributed by atoms with E-state index in [0.29, 0.717) is 5.92 Å². The topological polar surface area (TPSA) is 63.2 Å². The third kappa shape index (κ3) is 4.58. The number of rotatable bonds is 5. The van der Waals surface area contributed by atoms with Gasteiger partial charge in [-0.15, -0.1) is 0 Å². The van der Waals surface area contributed by atoms with E-state index in [1.54, 1.807) is 0 Å². The van der Waals surface area contributed by atoms with Crippen LogP contribution in [0, 0.1) is 5.92 Å². The van der Waals surface area contributed by atoms with Gasteiger partial charge < -0.3 is 5.32 Å². The molecule has 1 atom stereocenters. The summed E-state index contributed by atoms with van der Waals surface area (Å²) < 4.78 is 23.2. The number of hydrogen-bond donors (Lipinski definition) is 1. The molecule has 0 radical (unpaired) electrons. The van der Waals surface area contributed by atoms with E-state index in [-0.39, 0.29) is 26.0 Å². The van der Waals surface area contributed by atoms with Crippen molar-refractivity contribution in [1.29, 1.82) is 0 Å². The highest BCUT2D eigenvalue weighted by Crippen LogP contribution is 2.34. The maximum absolute atomic E-state index is 12.2. The summed E-state index contributed by atoms with van der Waals surface area (Å²) in [6, 6.07) is 2.56. The van der Waals surface area contributed by atoms with Crippen LogP contribution in [0.3, 0.4) is 0 Å². The van der Waals surface area contributed by atoms with Crippen LogP contribution in [-0.4, -0.2) is 20.4 Å². The minimum absolute atomic E-state index is 0.0146. The summed E-state index contributed by atoms with van der Waals surface area (Å²) in [5.74, 6) is 0.279. The van der Waals surface area contributed by atoms with Crippen molar-refractivity contribution in [2.75, 3.05) is 0 Å². The average Bonchev–Trinajstić information content (AvgIpc) is 3.10. The molecule has 1 N–H and O–H groups in total. The molecule has 1 unspecified atom stereocenters. The molecule has 8 heteroatoms. The fourth-order valence-electron chi connectivity index (χ4n) is 2.10. The smallest absolute Gasteiger partial charge is 0.262 e. The SMILES string of the molecule is CC(CC1CC1)NC(=O)c1cc(S(=O)(=O)Cl)c(Br)cc1Cl. The molecule has 0 spiro atoms. The van der Waals surface area contributed by atoms with Gasteiger partial charge in [-0.05, 0) is 47.3 Å². The van der Waals surface area contributed by atoms with Gasteiger partial charge in [0.15, 0.2) is 0 Å². The number of amides is 1. The Morgan fingerprint density at radius 1 is 1.48 bits per heavy atom. The first-order valence-electron chi connectivity index (χ1n) is 6.43. The van der Waals surface area contributed by atoms with Crippen molar-refractivity contribution in [2.45, 2.75) is 37.1 Å². The van der Waals surface area contributed by atoms with Gasteiger partial charge in [-0.2, -0.15) is 0 Å². The normalized spacial score (nSPS) is 16.6. The van der Waals surface area contributed by atoms with E-state index in [9.17, 15) is 13.2 Å². The second-order valence-electron chi connectivity index (χ2n) is 5.25. The molecule has 1 aliphatic rings. The van der Waals surface area contributed by atoms with Crippen molar-refractivity contribution in [2.24, 2.45) is 5.92 Å². The second-order valence-corrected chi connectivity index (χ2v) is 9.05. The fourth-order valence-corrected chi connectivity index (χ4v) is 4.68. The lowest BCUT2D eigenvalue weighted by molar-refractivity contribution is 0.0937. The maximum atomic E-state index is 12.2. The molecule has 0 saturated heterocycles. The van der Waals surface area contributed by atoms with Gasteiger partial charge in [0.05, 0.1) is 15.5 Å². The van der Waals surface area contributed by atoms with Crippen LogP contribution >= 0.6 is 38.2 Å². The second kappa shape index (κ2) is 6.44. The molecule has 1 saturated carbocycles. The number of carbonyl (C=O) groups excluding carboxylic acids is 1.